The highest BCUT2D eigenvalue weighted by molar-refractivity contribution is 5.93. The summed E-state index contributed by atoms with van der Waals surface area (Å²) in [6, 6.07) is 12.7. The SMILES string of the molecule is COC(=O)c1ccc(Nc2cc(-c3ccccn3)nc(NC(C)C)n2)cc1OC. The van der Waals surface area contributed by atoms with Gasteiger partial charge in [0.1, 0.15) is 17.1 Å². The van der Waals surface area contributed by atoms with Crippen molar-refractivity contribution in [3.05, 3.63) is 54.2 Å². The van der Waals surface area contributed by atoms with Crippen molar-refractivity contribution >= 4 is 23.4 Å². The van der Waals surface area contributed by atoms with E-state index in [2.05, 4.69) is 25.6 Å². The van der Waals surface area contributed by atoms with Crippen molar-refractivity contribution in [2.24, 2.45) is 0 Å². The summed E-state index contributed by atoms with van der Waals surface area (Å²) in [5.41, 5.74) is 2.48. The summed E-state index contributed by atoms with van der Waals surface area (Å²) in [6.07, 6.45) is 1.72. The second kappa shape index (κ2) is 9.01. The van der Waals surface area contributed by atoms with E-state index in [4.69, 9.17) is 9.47 Å². The Morgan fingerprint density at radius 1 is 1.03 bits per heavy atom. The van der Waals surface area contributed by atoms with Crippen LogP contribution in [0.1, 0.15) is 24.2 Å². The van der Waals surface area contributed by atoms with Gasteiger partial charge in [-0.15, -0.1) is 0 Å². The molecule has 1 aromatic carbocycles. The Morgan fingerprint density at radius 3 is 2.52 bits per heavy atom. The number of carbonyl (C=O) groups is 1. The molecule has 0 radical (unpaired) electrons. The second-order valence-electron chi connectivity index (χ2n) is 6.51. The quantitative estimate of drug-likeness (QED) is 0.583. The molecule has 0 aliphatic carbocycles. The van der Waals surface area contributed by atoms with Crippen molar-refractivity contribution in [1.82, 2.24) is 15.0 Å². The normalized spacial score (nSPS) is 10.5. The van der Waals surface area contributed by atoms with Crippen LogP contribution in [0.4, 0.5) is 17.5 Å². The van der Waals surface area contributed by atoms with Crippen molar-refractivity contribution in [3.63, 3.8) is 0 Å². The number of nitrogens with one attached hydrogen (secondary N) is 2. The molecule has 0 aliphatic rings. The highest BCUT2D eigenvalue weighted by Gasteiger charge is 2.14. The van der Waals surface area contributed by atoms with Gasteiger partial charge in [-0.2, -0.15) is 4.98 Å². The molecule has 8 heteroatoms. The van der Waals surface area contributed by atoms with E-state index in [0.717, 1.165) is 5.69 Å². The molecular weight excluding hydrogens is 370 g/mol. The minimum atomic E-state index is -0.462. The van der Waals surface area contributed by atoms with Gasteiger partial charge in [-0.1, -0.05) is 6.07 Å². The van der Waals surface area contributed by atoms with Gasteiger partial charge < -0.3 is 20.1 Å². The van der Waals surface area contributed by atoms with Crippen LogP contribution in [0.2, 0.25) is 0 Å². The molecule has 0 aliphatic heterocycles. The zero-order valence-corrected chi connectivity index (χ0v) is 16.8. The average molecular weight is 393 g/mol. The number of carbonyl (C=O) groups excluding carboxylic acids is 1. The first-order chi connectivity index (χ1) is 14.0. The maximum atomic E-state index is 11.9. The second-order valence-corrected chi connectivity index (χ2v) is 6.51. The number of aromatic nitrogens is 3. The van der Waals surface area contributed by atoms with Crippen LogP contribution in [0.25, 0.3) is 11.4 Å². The smallest absolute Gasteiger partial charge is 0.341 e. The molecule has 2 aromatic heterocycles. The topological polar surface area (TPSA) is 98.3 Å². The zero-order valence-electron chi connectivity index (χ0n) is 16.8. The van der Waals surface area contributed by atoms with E-state index < -0.39 is 5.97 Å². The summed E-state index contributed by atoms with van der Waals surface area (Å²) in [7, 11) is 2.83. The third kappa shape index (κ3) is 4.98. The number of nitrogens with zero attached hydrogens (tertiary/aromatic N) is 3. The summed E-state index contributed by atoms with van der Waals surface area (Å²) in [6.45, 7) is 4.03. The molecule has 0 spiro atoms. The fourth-order valence-electron chi connectivity index (χ4n) is 2.67. The van der Waals surface area contributed by atoms with Gasteiger partial charge in [-0.25, -0.2) is 9.78 Å². The molecule has 3 rings (SSSR count). The van der Waals surface area contributed by atoms with Crippen molar-refractivity contribution in [2.45, 2.75) is 19.9 Å². The Bertz CT molecular complexity index is 993. The maximum absolute atomic E-state index is 11.9. The Labute approximate surface area is 169 Å². The number of benzene rings is 1. The van der Waals surface area contributed by atoms with Crippen LogP contribution in [-0.2, 0) is 4.74 Å². The molecule has 3 aromatic rings. The van der Waals surface area contributed by atoms with Gasteiger partial charge in [0.15, 0.2) is 0 Å². The zero-order chi connectivity index (χ0) is 20.8. The lowest BCUT2D eigenvalue weighted by Gasteiger charge is -2.14. The van der Waals surface area contributed by atoms with Crippen LogP contribution in [0, 0.1) is 0 Å². The third-order valence-electron chi connectivity index (χ3n) is 3.95. The molecule has 29 heavy (non-hydrogen) atoms. The molecule has 0 saturated heterocycles. The van der Waals surface area contributed by atoms with Crippen molar-refractivity contribution in [2.75, 3.05) is 24.9 Å². The molecule has 2 N–H and O–H groups in total. The number of anilines is 3. The number of methoxy groups -OCH3 is 2. The number of pyridine rings is 1. The van der Waals surface area contributed by atoms with E-state index in [1.807, 2.05) is 38.1 Å². The molecule has 2 heterocycles. The Morgan fingerprint density at radius 2 is 1.86 bits per heavy atom. The van der Waals surface area contributed by atoms with E-state index in [0.29, 0.717) is 34.5 Å². The highest BCUT2D eigenvalue weighted by Crippen LogP contribution is 2.27. The average Bonchev–Trinajstić information content (AvgIpc) is 2.73. The number of hydrogen-bond acceptors (Lipinski definition) is 8. The van der Waals surface area contributed by atoms with Gasteiger partial charge in [0.25, 0.3) is 0 Å². The summed E-state index contributed by atoms with van der Waals surface area (Å²) >= 11 is 0. The van der Waals surface area contributed by atoms with Crippen LogP contribution in [-0.4, -0.2) is 41.2 Å². The highest BCUT2D eigenvalue weighted by atomic mass is 16.5. The van der Waals surface area contributed by atoms with Crippen LogP contribution in [0.15, 0.2) is 48.7 Å². The first-order valence-electron chi connectivity index (χ1n) is 9.10. The fourth-order valence-corrected chi connectivity index (χ4v) is 2.67. The van der Waals surface area contributed by atoms with Gasteiger partial charge in [-0.05, 0) is 38.1 Å². The summed E-state index contributed by atoms with van der Waals surface area (Å²) in [5.74, 6) is 1.01. The van der Waals surface area contributed by atoms with Gasteiger partial charge in [0.2, 0.25) is 5.95 Å². The van der Waals surface area contributed by atoms with Crippen molar-refractivity contribution < 1.29 is 14.3 Å². The molecule has 0 unspecified atom stereocenters. The summed E-state index contributed by atoms with van der Waals surface area (Å²) < 4.78 is 10.1. The van der Waals surface area contributed by atoms with E-state index in [1.165, 1.54) is 14.2 Å². The first-order valence-corrected chi connectivity index (χ1v) is 9.10. The molecule has 0 amide bonds. The molecule has 0 fully saturated rings. The molecule has 0 atom stereocenters. The molecule has 150 valence electrons. The summed E-state index contributed by atoms with van der Waals surface area (Å²) in [5, 5.41) is 6.45. The molecule has 0 saturated carbocycles. The van der Waals surface area contributed by atoms with Crippen molar-refractivity contribution in [1.29, 1.82) is 0 Å². The fraction of sp³-hybridized carbons (Fsp3) is 0.238. The summed E-state index contributed by atoms with van der Waals surface area (Å²) in [4.78, 5) is 25.3. The lowest BCUT2D eigenvalue weighted by molar-refractivity contribution is 0.0597. The standard InChI is InChI=1S/C21H23N5O3/c1-13(2)23-21-25-17(16-7-5-6-10-22-16)12-19(26-21)24-14-8-9-15(20(27)29-4)18(11-14)28-3/h5-13H,1-4H3,(H2,23,24,25,26). The molecule has 8 nitrogen and oxygen atoms in total. The third-order valence-corrected chi connectivity index (χ3v) is 3.95. The van der Waals surface area contributed by atoms with E-state index in [-0.39, 0.29) is 6.04 Å². The Kier molecular flexibility index (Phi) is 6.23. The minimum Gasteiger partial charge on any atom is -0.496 e. The minimum absolute atomic E-state index is 0.168. The number of rotatable bonds is 7. The largest absolute Gasteiger partial charge is 0.496 e. The van der Waals surface area contributed by atoms with Crippen LogP contribution >= 0.6 is 0 Å². The van der Waals surface area contributed by atoms with Crippen molar-refractivity contribution in [3.8, 4) is 17.1 Å². The predicted molar refractivity (Wildman–Crippen MR) is 112 cm³/mol. The number of esters is 1. The Balaban J connectivity index is 1.96. The molecular formula is C21H23N5O3. The van der Waals surface area contributed by atoms with Gasteiger partial charge in [0.05, 0.1) is 25.6 Å². The van der Waals surface area contributed by atoms with Gasteiger partial charge in [0, 0.05) is 30.1 Å². The predicted octanol–water partition coefficient (Wildman–Crippen LogP) is 3.90. The molecule has 0 bridgehead atoms. The number of ether oxygens (including phenoxy) is 2. The van der Waals surface area contributed by atoms with Gasteiger partial charge in [-0.3, -0.25) is 4.98 Å². The van der Waals surface area contributed by atoms with E-state index >= 15 is 0 Å². The lowest BCUT2D eigenvalue weighted by atomic mass is 10.1. The monoisotopic (exact) mass is 393 g/mol. The van der Waals surface area contributed by atoms with E-state index in [9.17, 15) is 4.79 Å². The van der Waals surface area contributed by atoms with Crippen LogP contribution in [0.5, 0.6) is 5.75 Å². The number of hydrogen-bond donors (Lipinski definition) is 2. The first kappa shape index (κ1) is 20.1. The lowest BCUT2D eigenvalue weighted by Crippen LogP contribution is -2.13. The maximum Gasteiger partial charge on any atom is 0.341 e. The van der Waals surface area contributed by atoms with Crippen LogP contribution in [0.3, 0.4) is 0 Å². The van der Waals surface area contributed by atoms with Crippen LogP contribution < -0.4 is 15.4 Å². The van der Waals surface area contributed by atoms with Gasteiger partial charge >= 0.3 is 5.97 Å². The Hall–Kier alpha value is -3.68. The van der Waals surface area contributed by atoms with E-state index in [1.54, 1.807) is 24.4 Å².